The van der Waals surface area contributed by atoms with Crippen LogP contribution in [0.4, 0.5) is 4.39 Å². The summed E-state index contributed by atoms with van der Waals surface area (Å²) in [6.45, 7) is 0. The Bertz CT molecular complexity index is 1150. The summed E-state index contributed by atoms with van der Waals surface area (Å²) in [6, 6.07) is 9.99. The topological polar surface area (TPSA) is 101 Å². The van der Waals surface area contributed by atoms with Gasteiger partial charge in [0, 0.05) is 7.05 Å². The Morgan fingerprint density at radius 1 is 1.28 bits per heavy atom. The van der Waals surface area contributed by atoms with Crippen LogP contribution in [-0.4, -0.2) is 24.1 Å². The standard InChI is InChI=1S/C15H12FN3O4S2/c1-19-12-4-2-3-5-13(12)24-15(19)17-18-25(22,23)9-6-7-11(16)10(8-9)14(20)21/h2-8,18H,1H3,(H,20,21)/b17-15-. The zero-order valence-corrected chi connectivity index (χ0v) is 14.4. The van der Waals surface area contributed by atoms with Gasteiger partial charge in [0.05, 0.1) is 20.7 Å². The second-order valence-corrected chi connectivity index (χ2v) is 7.73. The van der Waals surface area contributed by atoms with Crippen LogP contribution < -0.4 is 9.63 Å². The number of aromatic nitrogens is 1. The number of hydrogen-bond acceptors (Lipinski definition) is 5. The number of para-hydroxylation sites is 1. The van der Waals surface area contributed by atoms with Crippen molar-refractivity contribution in [3.63, 3.8) is 0 Å². The lowest BCUT2D eigenvalue weighted by Crippen LogP contribution is -2.24. The number of rotatable bonds is 4. The average Bonchev–Trinajstić information content (AvgIpc) is 2.89. The molecule has 0 atom stereocenters. The highest BCUT2D eigenvalue weighted by Gasteiger charge is 2.18. The number of hydrogen-bond donors (Lipinski definition) is 2. The number of halogens is 1. The van der Waals surface area contributed by atoms with Crippen molar-refractivity contribution in [3.8, 4) is 0 Å². The van der Waals surface area contributed by atoms with E-state index in [1.807, 2.05) is 24.3 Å². The van der Waals surface area contributed by atoms with E-state index in [4.69, 9.17) is 5.11 Å². The number of benzene rings is 2. The summed E-state index contributed by atoms with van der Waals surface area (Å²) >= 11 is 1.29. The molecule has 0 amide bonds. The number of aromatic carboxylic acids is 1. The average molecular weight is 381 g/mol. The Morgan fingerprint density at radius 2 is 2.00 bits per heavy atom. The van der Waals surface area contributed by atoms with Gasteiger partial charge >= 0.3 is 5.97 Å². The van der Waals surface area contributed by atoms with Gasteiger partial charge in [0.2, 0.25) is 4.80 Å². The van der Waals surface area contributed by atoms with Crippen LogP contribution >= 0.6 is 11.3 Å². The molecule has 7 nitrogen and oxygen atoms in total. The molecule has 0 aliphatic rings. The molecular weight excluding hydrogens is 369 g/mol. The third-order valence-corrected chi connectivity index (χ3v) is 5.77. The molecule has 1 heterocycles. The van der Waals surface area contributed by atoms with E-state index in [1.165, 1.54) is 11.3 Å². The van der Waals surface area contributed by atoms with Crippen molar-refractivity contribution in [2.75, 3.05) is 0 Å². The summed E-state index contributed by atoms with van der Waals surface area (Å²) in [6.07, 6.45) is 0. The number of thiazole rings is 1. The van der Waals surface area contributed by atoms with E-state index in [0.29, 0.717) is 4.80 Å². The first-order valence-corrected chi connectivity index (χ1v) is 9.22. The van der Waals surface area contributed by atoms with Crippen LogP contribution in [0, 0.1) is 5.82 Å². The number of nitrogens with one attached hydrogen (secondary N) is 1. The van der Waals surface area contributed by atoms with Gasteiger partial charge in [-0.2, -0.15) is 13.2 Å². The van der Waals surface area contributed by atoms with Crippen LogP contribution in [0.3, 0.4) is 0 Å². The van der Waals surface area contributed by atoms with Crippen LogP contribution in [0.15, 0.2) is 52.5 Å². The minimum atomic E-state index is -4.14. The van der Waals surface area contributed by atoms with E-state index >= 15 is 0 Å². The van der Waals surface area contributed by atoms with E-state index in [1.54, 1.807) is 11.6 Å². The fourth-order valence-electron chi connectivity index (χ4n) is 2.18. The van der Waals surface area contributed by atoms with Gasteiger partial charge in [0.25, 0.3) is 10.0 Å². The second-order valence-electron chi connectivity index (χ2n) is 5.06. The molecule has 1 aromatic heterocycles. The van der Waals surface area contributed by atoms with Gasteiger partial charge in [-0.05, 0) is 30.3 Å². The third-order valence-electron chi connectivity index (χ3n) is 3.45. The molecule has 2 N–H and O–H groups in total. The molecule has 0 bridgehead atoms. The fourth-order valence-corrected chi connectivity index (χ4v) is 4.04. The normalized spacial score (nSPS) is 12.5. The number of aryl methyl sites for hydroxylation is 1. The van der Waals surface area contributed by atoms with Crippen LogP contribution in [0.1, 0.15) is 10.4 Å². The Kier molecular flexibility index (Phi) is 4.31. The smallest absolute Gasteiger partial charge is 0.338 e. The lowest BCUT2D eigenvalue weighted by molar-refractivity contribution is 0.0691. The van der Waals surface area contributed by atoms with Crippen molar-refractivity contribution in [3.05, 3.63) is 58.6 Å². The van der Waals surface area contributed by atoms with E-state index in [9.17, 15) is 17.6 Å². The molecule has 3 aromatic rings. The number of carboxylic acid groups (broad SMARTS) is 1. The van der Waals surface area contributed by atoms with E-state index in [-0.39, 0.29) is 4.90 Å². The molecular formula is C15H12FN3O4S2. The van der Waals surface area contributed by atoms with Crippen molar-refractivity contribution >= 4 is 37.5 Å². The quantitative estimate of drug-likeness (QED) is 0.674. The van der Waals surface area contributed by atoms with Crippen molar-refractivity contribution in [2.24, 2.45) is 12.1 Å². The highest BCUT2D eigenvalue weighted by atomic mass is 32.2. The number of carboxylic acids is 1. The first-order chi connectivity index (χ1) is 11.8. The first-order valence-electron chi connectivity index (χ1n) is 6.92. The minimum absolute atomic E-state index is 0.390. The van der Waals surface area contributed by atoms with Crippen molar-refractivity contribution < 1.29 is 22.7 Å². The summed E-state index contributed by atoms with van der Waals surface area (Å²) in [7, 11) is -2.40. The summed E-state index contributed by atoms with van der Waals surface area (Å²) in [5, 5.41) is 12.8. The molecule has 130 valence electrons. The zero-order chi connectivity index (χ0) is 18.2. The molecule has 0 radical (unpaired) electrons. The maximum atomic E-state index is 13.4. The molecule has 0 spiro atoms. The fraction of sp³-hybridized carbons (Fsp3) is 0.0667. The molecule has 3 rings (SSSR count). The molecule has 0 aliphatic carbocycles. The number of fused-ring (bicyclic) bond motifs is 1. The molecule has 0 saturated carbocycles. The maximum absolute atomic E-state index is 13.4. The zero-order valence-electron chi connectivity index (χ0n) is 12.8. The molecule has 0 aliphatic heterocycles. The Labute approximate surface area is 145 Å². The highest BCUT2D eigenvalue weighted by molar-refractivity contribution is 7.89. The first kappa shape index (κ1) is 17.1. The summed E-state index contributed by atoms with van der Waals surface area (Å²) in [5.41, 5.74) is 0.163. The highest BCUT2D eigenvalue weighted by Crippen LogP contribution is 2.16. The predicted molar refractivity (Wildman–Crippen MR) is 90.0 cm³/mol. The lowest BCUT2D eigenvalue weighted by atomic mass is 10.2. The molecule has 10 heteroatoms. The van der Waals surface area contributed by atoms with Crippen molar-refractivity contribution in [1.29, 1.82) is 0 Å². The van der Waals surface area contributed by atoms with Gasteiger partial charge in [-0.25, -0.2) is 9.18 Å². The number of carbonyl (C=O) groups is 1. The molecule has 2 aromatic carbocycles. The van der Waals surface area contributed by atoms with Crippen LogP contribution in [0.2, 0.25) is 0 Å². The maximum Gasteiger partial charge on any atom is 0.338 e. The minimum Gasteiger partial charge on any atom is -0.478 e. The molecule has 0 unspecified atom stereocenters. The van der Waals surface area contributed by atoms with Crippen molar-refractivity contribution in [2.45, 2.75) is 4.90 Å². The molecule has 0 fully saturated rings. The van der Waals surface area contributed by atoms with E-state index in [2.05, 4.69) is 9.93 Å². The summed E-state index contributed by atoms with van der Waals surface area (Å²) in [5.74, 6) is -2.57. The van der Waals surface area contributed by atoms with Gasteiger partial charge in [-0.1, -0.05) is 23.5 Å². The van der Waals surface area contributed by atoms with Gasteiger partial charge in [-0.15, -0.1) is 5.10 Å². The lowest BCUT2D eigenvalue weighted by Gasteiger charge is -2.05. The van der Waals surface area contributed by atoms with Crippen LogP contribution in [0.25, 0.3) is 10.2 Å². The Balaban J connectivity index is 2.00. The van der Waals surface area contributed by atoms with Gasteiger partial charge in [-0.3, -0.25) is 0 Å². The van der Waals surface area contributed by atoms with Gasteiger partial charge < -0.3 is 9.67 Å². The van der Waals surface area contributed by atoms with E-state index in [0.717, 1.165) is 28.4 Å². The van der Waals surface area contributed by atoms with E-state index < -0.39 is 27.4 Å². The van der Waals surface area contributed by atoms with Crippen LogP contribution in [-0.2, 0) is 17.1 Å². The Morgan fingerprint density at radius 3 is 2.68 bits per heavy atom. The largest absolute Gasteiger partial charge is 0.478 e. The van der Waals surface area contributed by atoms with Gasteiger partial charge in [0.1, 0.15) is 5.82 Å². The second kappa shape index (κ2) is 6.30. The monoisotopic (exact) mass is 381 g/mol. The van der Waals surface area contributed by atoms with Crippen molar-refractivity contribution in [1.82, 2.24) is 9.40 Å². The molecule has 25 heavy (non-hydrogen) atoms. The van der Waals surface area contributed by atoms with Crippen LogP contribution in [0.5, 0.6) is 0 Å². The summed E-state index contributed by atoms with van der Waals surface area (Å²) in [4.78, 5) is 13.0. The van der Waals surface area contributed by atoms with Gasteiger partial charge in [0.15, 0.2) is 0 Å². The SMILES string of the molecule is Cn1/c(=N/NS(=O)(=O)c2ccc(F)c(C(=O)O)c2)sc2ccccc21. The summed E-state index contributed by atoms with van der Waals surface area (Å²) < 4.78 is 40.6. The Hall–Kier alpha value is -2.72. The number of nitrogens with zero attached hydrogens (tertiary/aromatic N) is 2. The third kappa shape index (κ3) is 3.26. The molecule has 0 saturated heterocycles. The predicted octanol–water partition coefficient (Wildman–Crippen LogP) is 1.87. The number of sulfonamides is 1.